The Morgan fingerprint density at radius 1 is 1.39 bits per heavy atom. The van der Waals surface area contributed by atoms with Crippen LogP contribution in [0.1, 0.15) is 24.2 Å². The van der Waals surface area contributed by atoms with Crippen LogP contribution >= 0.6 is 0 Å². The Balaban J connectivity index is 2.85. The zero-order valence-corrected chi connectivity index (χ0v) is 11.6. The Bertz CT molecular complexity index is 405. The average Bonchev–Trinajstić information content (AvgIpc) is 2.28. The van der Waals surface area contributed by atoms with Gasteiger partial charge in [-0.1, -0.05) is 6.07 Å². The molecule has 0 aliphatic rings. The van der Waals surface area contributed by atoms with Crippen LogP contribution in [-0.4, -0.2) is 54.0 Å². The lowest BCUT2D eigenvalue weighted by molar-refractivity contribution is 0.0678. The molecule has 1 unspecified atom stereocenters. The SMILES string of the molecule is CCN(C(=O)c1cccc(O)c1)C(C)CN(C)C. The molecular formula is C14H22N2O2. The van der Waals surface area contributed by atoms with Gasteiger partial charge in [0, 0.05) is 24.7 Å². The molecule has 0 aliphatic heterocycles. The van der Waals surface area contributed by atoms with Crippen molar-refractivity contribution in [2.24, 2.45) is 0 Å². The summed E-state index contributed by atoms with van der Waals surface area (Å²) in [4.78, 5) is 16.2. The maximum absolute atomic E-state index is 12.3. The minimum atomic E-state index is -0.0391. The van der Waals surface area contributed by atoms with E-state index in [0.29, 0.717) is 12.1 Å². The van der Waals surface area contributed by atoms with Gasteiger partial charge in [0.25, 0.3) is 5.91 Å². The zero-order chi connectivity index (χ0) is 13.7. The standard InChI is InChI=1S/C14H22N2O2/c1-5-16(11(2)10-15(3)4)14(18)12-7-6-8-13(17)9-12/h6-9,11,17H,5,10H2,1-4H3. The number of carbonyl (C=O) groups excluding carboxylic acids is 1. The molecule has 4 heteroatoms. The van der Waals surface area contributed by atoms with E-state index in [1.165, 1.54) is 6.07 Å². The summed E-state index contributed by atoms with van der Waals surface area (Å²) in [6.07, 6.45) is 0. The van der Waals surface area contributed by atoms with Crippen LogP contribution in [0.15, 0.2) is 24.3 Å². The lowest BCUT2D eigenvalue weighted by Gasteiger charge is -2.30. The number of likely N-dealkylation sites (N-methyl/N-ethyl adjacent to an activating group) is 2. The first kappa shape index (κ1) is 14.5. The van der Waals surface area contributed by atoms with Crippen LogP contribution in [0.5, 0.6) is 5.75 Å². The number of rotatable bonds is 5. The van der Waals surface area contributed by atoms with E-state index >= 15 is 0 Å². The number of phenols is 1. The molecule has 1 amide bonds. The van der Waals surface area contributed by atoms with E-state index in [4.69, 9.17) is 0 Å². The highest BCUT2D eigenvalue weighted by atomic mass is 16.3. The highest BCUT2D eigenvalue weighted by Crippen LogP contribution is 2.14. The first-order valence-electron chi connectivity index (χ1n) is 6.20. The third-order valence-electron chi connectivity index (χ3n) is 2.86. The van der Waals surface area contributed by atoms with E-state index in [1.807, 2.05) is 32.8 Å². The highest BCUT2D eigenvalue weighted by molar-refractivity contribution is 5.94. The topological polar surface area (TPSA) is 43.8 Å². The fraction of sp³-hybridized carbons (Fsp3) is 0.500. The molecule has 0 spiro atoms. The number of hydrogen-bond acceptors (Lipinski definition) is 3. The van der Waals surface area contributed by atoms with E-state index < -0.39 is 0 Å². The molecule has 18 heavy (non-hydrogen) atoms. The smallest absolute Gasteiger partial charge is 0.254 e. The van der Waals surface area contributed by atoms with Crippen LogP contribution in [0.4, 0.5) is 0 Å². The van der Waals surface area contributed by atoms with Crippen LogP contribution in [0, 0.1) is 0 Å². The number of aromatic hydroxyl groups is 1. The predicted molar refractivity (Wildman–Crippen MR) is 72.8 cm³/mol. The van der Waals surface area contributed by atoms with Gasteiger partial charge in [-0.05, 0) is 46.1 Å². The van der Waals surface area contributed by atoms with Gasteiger partial charge in [-0.3, -0.25) is 4.79 Å². The van der Waals surface area contributed by atoms with Crippen molar-refractivity contribution in [3.63, 3.8) is 0 Å². The molecule has 1 rings (SSSR count). The molecule has 1 aromatic rings. The van der Waals surface area contributed by atoms with Crippen LogP contribution in [-0.2, 0) is 0 Å². The molecule has 0 saturated carbocycles. The van der Waals surface area contributed by atoms with Crippen molar-refractivity contribution in [2.75, 3.05) is 27.2 Å². The maximum atomic E-state index is 12.3. The third-order valence-corrected chi connectivity index (χ3v) is 2.86. The van der Waals surface area contributed by atoms with Crippen LogP contribution in [0.3, 0.4) is 0 Å². The van der Waals surface area contributed by atoms with Crippen molar-refractivity contribution < 1.29 is 9.90 Å². The number of hydrogen-bond donors (Lipinski definition) is 1. The minimum Gasteiger partial charge on any atom is -0.508 e. The second-order valence-corrected chi connectivity index (χ2v) is 4.75. The Morgan fingerprint density at radius 3 is 2.56 bits per heavy atom. The normalized spacial score (nSPS) is 12.5. The van der Waals surface area contributed by atoms with Gasteiger partial charge in [-0.2, -0.15) is 0 Å². The monoisotopic (exact) mass is 250 g/mol. The van der Waals surface area contributed by atoms with E-state index in [-0.39, 0.29) is 17.7 Å². The van der Waals surface area contributed by atoms with Gasteiger partial charge in [-0.25, -0.2) is 0 Å². The van der Waals surface area contributed by atoms with Gasteiger partial charge in [0.15, 0.2) is 0 Å². The van der Waals surface area contributed by atoms with Crippen molar-refractivity contribution in [1.82, 2.24) is 9.80 Å². The van der Waals surface area contributed by atoms with Gasteiger partial charge in [0.2, 0.25) is 0 Å². The van der Waals surface area contributed by atoms with E-state index in [2.05, 4.69) is 4.90 Å². The number of carbonyl (C=O) groups is 1. The molecule has 1 N–H and O–H groups in total. The Morgan fingerprint density at radius 2 is 2.06 bits per heavy atom. The van der Waals surface area contributed by atoms with Gasteiger partial charge in [0.1, 0.15) is 5.75 Å². The fourth-order valence-corrected chi connectivity index (χ4v) is 2.09. The van der Waals surface area contributed by atoms with Crippen molar-refractivity contribution in [3.05, 3.63) is 29.8 Å². The summed E-state index contributed by atoms with van der Waals surface area (Å²) < 4.78 is 0. The van der Waals surface area contributed by atoms with Crippen molar-refractivity contribution in [2.45, 2.75) is 19.9 Å². The second-order valence-electron chi connectivity index (χ2n) is 4.75. The summed E-state index contributed by atoms with van der Waals surface area (Å²) in [5.41, 5.74) is 0.530. The molecule has 0 bridgehead atoms. The van der Waals surface area contributed by atoms with E-state index in [1.54, 1.807) is 18.2 Å². The molecule has 1 atom stereocenters. The summed E-state index contributed by atoms with van der Waals surface area (Å²) in [6.45, 7) is 5.47. The average molecular weight is 250 g/mol. The summed E-state index contributed by atoms with van der Waals surface area (Å²) in [6, 6.07) is 6.63. The summed E-state index contributed by atoms with van der Waals surface area (Å²) >= 11 is 0. The van der Waals surface area contributed by atoms with Crippen LogP contribution < -0.4 is 0 Å². The highest BCUT2D eigenvalue weighted by Gasteiger charge is 2.20. The van der Waals surface area contributed by atoms with Crippen molar-refractivity contribution >= 4 is 5.91 Å². The first-order valence-corrected chi connectivity index (χ1v) is 6.20. The maximum Gasteiger partial charge on any atom is 0.254 e. The lowest BCUT2D eigenvalue weighted by Crippen LogP contribution is -2.43. The zero-order valence-electron chi connectivity index (χ0n) is 11.6. The van der Waals surface area contributed by atoms with Crippen molar-refractivity contribution in [3.8, 4) is 5.75 Å². The number of phenolic OH excluding ortho intramolecular Hbond substituents is 1. The minimum absolute atomic E-state index is 0.0391. The molecule has 0 radical (unpaired) electrons. The van der Waals surface area contributed by atoms with Gasteiger partial charge >= 0.3 is 0 Å². The van der Waals surface area contributed by atoms with E-state index in [0.717, 1.165) is 6.54 Å². The molecule has 0 fully saturated rings. The molecule has 0 aromatic heterocycles. The predicted octanol–water partition coefficient (Wildman–Crippen LogP) is 1.80. The first-order chi connectivity index (χ1) is 8.45. The molecule has 100 valence electrons. The molecule has 0 saturated heterocycles. The van der Waals surface area contributed by atoms with Gasteiger partial charge < -0.3 is 14.9 Å². The summed E-state index contributed by atoms with van der Waals surface area (Å²) in [5.74, 6) is 0.0833. The quantitative estimate of drug-likeness (QED) is 0.866. The lowest BCUT2D eigenvalue weighted by atomic mass is 10.1. The molecule has 0 aliphatic carbocycles. The summed E-state index contributed by atoms with van der Waals surface area (Å²) in [7, 11) is 3.98. The third kappa shape index (κ3) is 3.74. The molecule has 0 heterocycles. The molecular weight excluding hydrogens is 228 g/mol. The van der Waals surface area contributed by atoms with Crippen LogP contribution in [0.25, 0.3) is 0 Å². The summed E-state index contributed by atoms with van der Waals surface area (Å²) in [5, 5.41) is 9.42. The van der Waals surface area contributed by atoms with Gasteiger partial charge in [-0.15, -0.1) is 0 Å². The number of benzene rings is 1. The number of nitrogens with zero attached hydrogens (tertiary/aromatic N) is 2. The Labute approximate surface area is 109 Å². The van der Waals surface area contributed by atoms with E-state index in [9.17, 15) is 9.90 Å². The van der Waals surface area contributed by atoms with Crippen LogP contribution in [0.2, 0.25) is 0 Å². The Kier molecular flexibility index (Phi) is 5.16. The van der Waals surface area contributed by atoms with Crippen molar-refractivity contribution in [1.29, 1.82) is 0 Å². The number of amides is 1. The second kappa shape index (κ2) is 6.40. The molecule has 4 nitrogen and oxygen atoms in total. The largest absolute Gasteiger partial charge is 0.508 e. The Hall–Kier alpha value is -1.55. The fourth-order valence-electron chi connectivity index (χ4n) is 2.09. The van der Waals surface area contributed by atoms with Gasteiger partial charge in [0.05, 0.1) is 0 Å². The molecule has 1 aromatic carbocycles.